The number of halogens is 4. The van der Waals surface area contributed by atoms with Crippen LogP contribution in [0, 0.1) is 5.92 Å². The second kappa shape index (κ2) is 11.9. The van der Waals surface area contributed by atoms with Crippen molar-refractivity contribution in [1.29, 1.82) is 0 Å². The number of sulfonamides is 1. The number of rotatable bonds is 9. The molecule has 1 saturated carbocycles. The normalized spacial score (nSPS) is 18.8. The van der Waals surface area contributed by atoms with E-state index in [1.165, 1.54) is 22.8 Å². The minimum absolute atomic E-state index is 0.0336. The van der Waals surface area contributed by atoms with E-state index >= 15 is 0 Å². The summed E-state index contributed by atoms with van der Waals surface area (Å²) in [7, 11) is -3.07. The van der Waals surface area contributed by atoms with Gasteiger partial charge in [0.05, 0.1) is 22.5 Å². The summed E-state index contributed by atoms with van der Waals surface area (Å²) in [5.74, 6) is -0.628. The van der Waals surface area contributed by atoms with Gasteiger partial charge in [-0.25, -0.2) is 13.2 Å². The van der Waals surface area contributed by atoms with Crippen LogP contribution < -0.4 is 14.9 Å². The van der Waals surface area contributed by atoms with E-state index in [0.29, 0.717) is 29.9 Å². The predicted octanol–water partition coefficient (Wildman–Crippen LogP) is 3.77. The fourth-order valence-corrected chi connectivity index (χ4v) is 6.69. The van der Waals surface area contributed by atoms with E-state index in [-0.39, 0.29) is 40.9 Å². The number of benzene rings is 1. The summed E-state index contributed by atoms with van der Waals surface area (Å²) < 4.78 is 70.6. The van der Waals surface area contributed by atoms with Crippen molar-refractivity contribution in [3.8, 4) is 0 Å². The number of anilines is 1. The molecule has 2 heterocycles. The van der Waals surface area contributed by atoms with E-state index in [1.807, 2.05) is 0 Å². The summed E-state index contributed by atoms with van der Waals surface area (Å²) in [5.41, 5.74) is -1.55. The molecular formula is C25H32ClF3N6O4S. The van der Waals surface area contributed by atoms with Gasteiger partial charge in [-0.2, -0.15) is 18.3 Å². The first-order valence-corrected chi connectivity index (χ1v) is 14.9. The fraction of sp³-hybridized carbons (Fsp3) is 0.560. The van der Waals surface area contributed by atoms with Gasteiger partial charge in [-0.3, -0.25) is 13.8 Å². The zero-order valence-corrected chi connectivity index (χ0v) is 23.7. The number of alkyl halides is 3. The van der Waals surface area contributed by atoms with E-state index in [9.17, 15) is 31.2 Å². The summed E-state index contributed by atoms with van der Waals surface area (Å²) in [4.78, 5) is 27.2. The predicted molar refractivity (Wildman–Crippen MR) is 142 cm³/mol. The number of likely N-dealkylation sites (tertiary alicyclic amines) is 1. The molecule has 1 saturated heterocycles. The Morgan fingerprint density at radius 1 is 1.25 bits per heavy atom. The molecule has 0 spiro atoms. The maximum Gasteiger partial charge on any atom is 0.416 e. The van der Waals surface area contributed by atoms with Gasteiger partial charge in [0.15, 0.2) is 0 Å². The first kappa shape index (κ1) is 30.0. The van der Waals surface area contributed by atoms with Crippen molar-refractivity contribution in [3.05, 3.63) is 41.2 Å². The van der Waals surface area contributed by atoms with Gasteiger partial charge in [-0.05, 0) is 56.2 Å². The van der Waals surface area contributed by atoms with Crippen molar-refractivity contribution in [2.75, 3.05) is 23.9 Å². The Kier molecular flexibility index (Phi) is 8.88. The van der Waals surface area contributed by atoms with Crippen LogP contribution in [0.3, 0.4) is 0 Å². The molecule has 1 aromatic heterocycles. The second-order valence-electron chi connectivity index (χ2n) is 10.2. The molecule has 1 aliphatic carbocycles. The number of carbonyl (C=O) groups excluding carboxylic acids is 2. The average Bonchev–Trinajstić information content (AvgIpc) is 3.60. The summed E-state index contributed by atoms with van der Waals surface area (Å²) in [6, 6.07) is 0.919. The number of amides is 3. The van der Waals surface area contributed by atoms with Crippen LogP contribution in [0.4, 0.5) is 23.7 Å². The molecule has 1 aliphatic heterocycles. The highest BCUT2D eigenvalue weighted by molar-refractivity contribution is 7.93. The first-order chi connectivity index (χ1) is 18.8. The molecular weight excluding hydrogens is 573 g/mol. The van der Waals surface area contributed by atoms with Crippen molar-refractivity contribution in [2.45, 2.75) is 62.2 Å². The fourth-order valence-electron chi connectivity index (χ4n) is 4.75. The van der Waals surface area contributed by atoms with Gasteiger partial charge in [-0.15, -0.1) is 0 Å². The molecule has 0 unspecified atom stereocenters. The highest BCUT2D eigenvalue weighted by atomic mass is 35.5. The maximum atomic E-state index is 13.9. The molecule has 0 bridgehead atoms. The third-order valence-corrected chi connectivity index (χ3v) is 9.09. The van der Waals surface area contributed by atoms with Crippen LogP contribution in [0.5, 0.6) is 0 Å². The van der Waals surface area contributed by atoms with Gasteiger partial charge >= 0.3 is 12.2 Å². The summed E-state index contributed by atoms with van der Waals surface area (Å²) in [5, 5.41) is 9.29. The first-order valence-electron chi connectivity index (χ1n) is 13.0. The topological polar surface area (TPSA) is 117 Å². The molecule has 4 rings (SSSR count). The van der Waals surface area contributed by atoms with Crippen molar-refractivity contribution >= 4 is 39.2 Å². The number of carbonyl (C=O) groups is 2. The highest BCUT2D eigenvalue weighted by Gasteiger charge is 2.41. The zero-order chi connectivity index (χ0) is 29.2. The second-order valence-corrected chi connectivity index (χ2v) is 12.4. The molecule has 2 atom stereocenters. The quantitative estimate of drug-likeness (QED) is 0.452. The van der Waals surface area contributed by atoms with E-state index in [4.69, 9.17) is 11.6 Å². The number of hydrogen-bond donors (Lipinski definition) is 2. The van der Waals surface area contributed by atoms with Crippen LogP contribution >= 0.6 is 11.6 Å². The van der Waals surface area contributed by atoms with Gasteiger partial charge in [0.25, 0.3) is 10.0 Å². The standard InChI is InChI=1S/C25H32ClF3N6O4S/c1-3-21(23(36)34-10-4-5-16(14-34)12-30-24(37)32-18-7-8-18)35(40(38,39)19-13-31-33(2)15-19)22-11-17(25(27,28)29)6-9-20(22)26/h6,9,11,13,15-16,18,21H,3-5,7-8,10,12,14H2,1-2H3,(H2,30,32,37)/t16-,21+/m0/s1. The Bertz CT molecular complexity index is 1350. The van der Waals surface area contributed by atoms with Crippen molar-refractivity contribution in [2.24, 2.45) is 13.0 Å². The summed E-state index contributed by atoms with van der Waals surface area (Å²) in [6.07, 6.45) is 0.742. The molecule has 10 nitrogen and oxygen atoms in total. The number of urea groups is 1. The molecule has 2 aromatic rings. The number of nitrogens with one attached hydrogen (secondary N) is 2. The number of aryl methyl sites for hydroxylation is 1. The van der Waals surface area contributed by atoms with E-state index in [0.717, 1.165) is 37.6 Å². The lowest BCUT2D eigenvalue weighted by molar-refractivity contribution is -0.137. The summed E-state index contributed by atoms with van der Waals surface area (Å²) >= 11 is 6.30. The Labute approximate surface area is 235 Å². The van der Waals surface area contributed by atoms with Crippen molar-refractivity contribution < 1.29 is 31.2 Å². The highest BCUT2D eigenvalue weighted by Crippen LogP contribution is 2.39. The lowest BCUT2D eigenvalue weighted by atomic mass is 9.97. The van der Waals surface area contributed by atoms with E-state index in [2.05, 4.69) is 15.7 Å². The van der Waals surface area contributed by atoms with Crippen molar-refractivity contribution in [3.63, 3.8) is 0 Å². The molecule has 3 amide bonds. The van der Waals surface area contributed by atoms with Crippen LogP contribution in [0.1, 0.15) is 44.6 Å². The number of piperidine rings is 1. The van der Waals surface area contributed by atoms with E-state index < -0.39 is 39.4 Å². The number of nitrogens with zero attached hydrogens (tertiary/aromatic N) is 4. The monoisotopic (exact) mass is 604 g/mol. The van der Waals surface area contributed by atoms with Crippen LogP contribution in [0.15, 0.2) is 35.5 Å². The zero-order valence-electron chi connectivity index (χ0n) is 22.1. The summed E-state index contributed by atoms with van der Waals surface area (Å²) in [6.45, 7) is 2.52. The average molecular weight is 605 g/mol. The van der Waals surface area contributed by atoms with E-state index in [1.54, 1.807) is 6.92 Å². The Morgan fingerprint density at radius 2 is 1.98 bits per heavy atom. The van der Waals surface area contributed by atoms with Gasteiger partial charge in [0, 0.05) is 38.9 Å². The third-order valence-electron chi connectivity index (χ3n) is 7.00. The lowest BCUT2D eigenvalue weighted by Gasteiger charge is -2.38. The molecule has 0 radical (unpaired) electrons. The Hall–Kier alpha value is -3.00. The molecule has 2 aliphatic rings. The van der Waals surface area contributed by atoms with Crippen molar-refractivity contribution in [1.82, 2.24) is 25.3 Å². The Morgan fingerprint density at radius 3 is 2.58 bits per heavy atom. The van der Waals surface area contributed by atoms with Gasteiger partial charge in [0.2, 0.25) is 5.91 Å². The minimum atomic E-state index is -4.77. The lowest BCUT2D eigenvalue weighted by Crippen LogP contribution is -2.54. The Balaban J connectivity index is 1.65. The largest absolute Gasteiger partial charge is 0.416 e. The number of hydrogen-bond acceptors (Lipinski definition) is 5. The maximum absolute atomic E-state index is 13.9. The molecule has 1 aromatic carbocycles. The molecule has 220 valence electrons. The number of aromatic nitrogens is 2. The SMILES string of the molecule is CC[C@H](C(=O)N1CCC[C@@H](CNC(=O)NC2CC2)C1)N(c1cc(C(F)(F)F)ccc1Cl)S(=O)(=O)c1cnn(C)c1. The molecule has 15 heteroatoms. The van der Waals surface area contributed by atoms with Crippen LogP contribution in [-0.2, 0) is 28.0 Å². The van der Waals surface area contributed by atoms with Crippen LogP contribution in [0.2, 0.25) is 5.02 Å². The van der Waals surface area contributed by atoms with Crippen LogP contribution in [0.25, 0.3) is 0 Å². The molecule has 40 heavy (non-hydrogen) atoms. The van der Waals surface area contributed by atoms with Gasteiger partial charge in [0.1, 0.15) is 10.9 Å². The van der Waals surface area contributed by atoms with Gasteiger partial charge in [-0.1, -0.05) is 18.5 Å². The van der Waals surface area contributed by atoms with Gasteiger partial charge < -0.3 is 15.5 Å². The molecule has 2 fully saturated rings. The van der Waals surface area contributed by atoms with Crippen LogP contribution in [-0.4, -0.2) is 66.8 Å². The third kappa shape index (κ3) is 6.82. The minimum Gasteiger partial charge on any atom is -0.341 e. The smallest absolute Gasteiger partial charge is 0.341 e. The molecule has 2 N–H and O–H groups in total.